The molecular weight excluding hydrogens is 385 g/mol. The molecular formula is C20H23F3N4O2. The highest BCUT2D eigenvalue weighted by atomic mass is 19.4. The van der Waals surface area contributed by atoms with E-state index in [0.29, 0.717) is 31.5 Å². The summed E-state index contributed by atoms with van der Waals surface area (Å²) in [6.07, 6.45) is -2.64. The quantitative estimate of drug-likeness (QED) is 0.845. The fraction of sp³-hybridized carbons (Fsp3) is 0.450. The highest BCUT2D eigenvalue weighted by molar-refractivity contribution is 5.96. The van der Waals surface area contributed by atoms with E-state index in [2.05, 4.69) is 10.4 Å². The molecule has 6 nitrogen and oxygen atoms in total. The average molecular weight is 408 g/mol. The van der Waals surface area contributed by atoms with Crippen molar-refractivity contribution in [2.75, 3.05) is 19.6 Å². The maximum atomic E-state index is 13.9. The van der Waals surface area contributed by atoms with E-state index < -0.39 is 29.3 Å². The number of aryl methyl sites for hydroxylation is 1. The molecule has 0 aliphatic carbocycles. The number of hydrogen-bond donors (Lipinski definition) is 1. The van der Waals surface area contributed by atoms with Gasteiger partial charge in [0.05, 0.1) is 23.4 Å². The number of amides is 2. The van der Waals surface area contributed by atoms with Crippen LogP contribution in [0.15, 0.2) is 30.5 Å². The third kappa shape index (κ3) is 4.28. The molecule has 2 amide bonds. The van der Waals surface area contributed by atoms with Gasteiger partial charge in [-0.1, -0.05) is 18.2 Å². The van der Waals surface area contributed by atoms with E-state index in [-0.39, 0.29) is 18.1 Å². The molecule has 1 aromatic carbocycles. The summed E-state index contributed by atoms with van der Waals surface area (Å²) in [5.74, 6) is -1.36. The molecule has 0 spiro atoms. The smallest absolute Gasteiger partial charge is 0.356 e. The number of halogens is 3. The van der Waals surface area contributed by atoms with Gasteiger partial charge < -0.3 is 10.2 Å². The Bertz CT molecular complexity index is 907. The standard InChI is InChI=1S/C20H23F3N4O2/c1-3-24-18(28)14-8-6-10-26(12-14)19(29)15-11-25-27(17(15)20(21,22)23)16-9-5-4-7-13(16)2/h4-5,7,9,11,14H,3,6,8,10,12H2,1-2H3,(H,24,28). The molecule has 0 bridgehead atoms. The molecule has 2 heterocycles. The predicted molar refractivity (Wildman–Crippen MR) is 101 cm³/mol. The van der Waals surface area contributed by atoms with E-state index in [1.165, 1.54) is 11.0 Å². The summed E-state index contributed by atoms with van der Waals surface area (Å²) in [5, 5.41) is 6.59. The Hall–Kier alpha value is -2.84. The second-order valence-electron chi connectivity index (χ2n) is 7.09. The fourth-order valence-corrected chi connectivity index (χ4v) is 3.63. The van der Waals surface area contributed by atoms with Crippen molar-refractivity contribution in [1.82, 2.24) is 20.0 Å². The first-order valence-electron chi connectivity index (χ1n) is 9.52. The lowest BCUT2D eigenvalue weighted by Gasteiger charge is -2.32. The van der Waals surface area contributed by atoms with E-state index in [9.17, 15) is 22.8 Å². The number of benzene rings is 1. The van der Waals surface area contributed by atoms with Crippen LogP contribution in [0.1, 0.15) is 41.4 Å². The number of aromatic nitrogens is 2. The van der Waals surface area contributed by atoms with Crippen molar-refractivity contribution in [3.63, 3.8) is 0 Å². The van der Waals surface area contributed by atoms with Gasteiger partial charge in [-0.2, -0.15) is 18.3 Å². The largest absolute Gasteiger partial charge is 0.434 e. The maximum absolute atomic E-state index is 13.9. The van der Waals surface area contributed by atoms with Crippen LogP contribution in [0.2, 0.25) is 0 Å². The normalized spacial score (nSPS) is 17.3. The lowest BCUT2D eigenvalue weighted by atomic mass is 9.96. The molecule has 1 aliphatic rings. The summed E-state index contributed by atoms with van der Waals surface area (Å²) in [6, 6.07) is 6.54. The van der Waals surface area contributed by atoms with Gasteiger partial charge in [0.25, 0.3) is 5.91 Å². The Morgan fingerprint density at radius 2 is 2.00 bits per heavy atom. The average Bonchev–Trinajstić information content (AvgIpc) is 3.13. The van der Waals surface area contributed by atoms with Crippen LogP contribution in [0.3, 0.4) is 0 Å². The van der Waals surface area contributed by atoms with Crippen molar-refractivity contribution in [3.8, 4) is 5.69 Å². The number of para-hydroxylation sites is 1. The van der Waals surface area contributed by atoms with Crippen molar-refractivity contribution >= 4 is 11.8 Å². The van der Waals surface area contributed by atoms with Crippen molar-refractivity contribution in [2.45, 2.75) is 32.9 Å². The first-order chi connectivity index (χ1) is 13.7. The predicted octanol–water partition coefficient (Wildman–Crippen LogP) is 3.19. The number of carbonyl (C=O) groups excluding carboxylic acids is 2. The van der Waals surface area contributed by atoms with Gasteiger partial charge in [0.2, 0.25) is 5.91 Å². The molecule has 1 fully saturated rings. The summed E-state index contributed by atoms with van der Waals surface area (Å²) in [4.78, 5) is 26.4. The molecule has 1 aliphatic heterocycles. The zero-order valence-electron chi connectivity index (χ0n) is 16.3. The van der Waals surface area contributed by atoms with Gasteiger partial charge in [-0.05, 0) is 38.3 Å². The van der Waals surface area contributed by atoms with Crippen LogP contribution in [0.25, 0.3) is 5.69 Å². The van der Waals surface area contributed by atoms with Gasteiger partial charge in [-0.25, -0.2) is 4.68 Å². The van der Waals surface area contributed by atoms with Crippen molar-refractivity contribution in [1.29, 1.82) is 0 Å². The first-order valence-corrected chi connectivity index (χ1v) is 9.52. The molecule has 2 aromatic rings. The molecule has 3 rings (SSSR count). The van der Waals surface area contributed by atoms with Crippen LogP contribution < -0.4 is 5.32 Å². The van der Waals surface area contributed by atoms with Gasteiger partial charge in [0.15, 0.2) is 5.69 Å². The Balaban J connectivity index is 1.95. The molecule has 9 heteroatoms. The maximum Gasteiger partial charge on any atom is 0.434 e. The minimum Gasteiger partial charge on any atom is -0.356 e. The Morgan fingerprint density at radius 3 is 2.66 bits per heavy atom. The summed E-state index contributed by atoms with van der Waals surface area (Å²) < 4.78 is 42.5. The number of rotatable bonds is 4. The van der Waals surface area contributed by atoms with Crippen LogP contribution in [-0.2, 0) is 11.0 Å². The molecule has 156 valence electrons. The third-order valence-corrected chi connectivity index (χ3v) is 5.04. The third-order valence-electron chi connectivity index (χ3n) is 5.04. The Morgan fingerprint density at radius 1 is 1.28 bits per heavy atom. The lowest BCUT2D eigenvalue weighted by Crippen LogP contribution is -2.45. The molecule has 1 aromatic heterocycles. The van der Waals surface area contributed by atoms with Crippen LogP contribution in [0.5, 0.6) is 0 Å². The topological polar surface area (TPSA) is 67.2 Å². The molecule has 1 saturated heterocycles. The van der Waals surface area contributed by atoms with Gasteiger partial charge in [-0.15, -0.1) is 0 Å². The SMILES string of the molecule is CCNC(=O)C1CCCN(C(=O)c2cnn(-c3ccccc3C)c2C(F)(F)F)C1. The summed E-state index contributed by atoms with van der Waals surface area (Å²) in [5.41, 5.74) is -0.735. The zero-order valence-corrected chi connectivity index (χ0v) is 16.3. The van der Waals surface area contributed by atoms with Crippen LogP contribution in [-0.4, -0.2) is 46.1 Å². The van der Waals surface area contributed by atoms with Gasteiger partial charge in [0, 0.05) is 19.6 Å². The number of carbonyl (C=O) groups is 2. The Kier molecular flexibility index (Phi) is 5.95. The number of piperidine rings is 1. The molecule has 1 atom stereocenters. The minimum atomic E-state index is -4.77. The molecule has 0 saturated carbocycles. The Labute approximate surface area is 166 Å². The first kappa shape index (κ1) is 20.9. The highest BCUT2D eigenvalue weighted by Gasteiger charge is 2.42. The number of likely N-dealkylation sites (tertiary alicyclic amines) is 1. The molecule has 29 heavy (non-hydrogen) atoms. The van der Waals surface area contributed by atoms with Crippen LogP contribution in [0.4, 0.5) is 13.2 Å². The highest BCUT2D eigenvalue weighted by Crippen LogP contribution is 2.35. The number of nitrogens with one attached hydrogen (secondary N) is 1. The van der Waals surface area contributed by atoms with Crippen molar-refractivity contribution < 1.29 is 22.8 Å². The molecule has 0 radical (unpaired) electrons. The minimum absolute atomic E-state index is 0.0948. The van der Waals surface area contributed by atoms with E-state index >= 15 is 0 Å². The number of hydrogen-bond acceptors (Lipinski definition) is 3. The number of nitrogens with zero attached hydrogens (tertiary/aromatic N) is 3. The van der Waals surface area contributed by atoms with E-state index in [1.807, 2.05) is 0 Å². The second-order valence-corrected chi connectivity index (χ2v) is 7.09. The van der Waals surface area contributed by atoms with E-state index in [0.717, 1.165) is 10.9 Å². The summed E-state index contributed by atoms with van der Waals surface area (Å²) in [7, 11) is 0. The van der Waals surface area contributed by atoms with Crippen molar-refractivity contribution in [2.24, 2.45) is 5.92 Å². The van der Waals surface area contributed by atoms with Crippen LogP contribution in [0, 0.1) is 12.8 Å². The van der Waals surface area contributed by atoms with Gasteiger partial charge >= 0.3 is 6.18 Å². The fourth-order valence-electron chi connectivity index (χ4n) is 3.63. The van der Waals surface area contributed by atoms with E-state index in [1.54, 1.807) is 32.0 Å². The summed E-state index contributed by atoms with van der Waals surface area (Å²) >= 11 is 0. The monoisotopic (exact) mass is 408 g/mol. The lowest BCUT2D eigenvalue weighted by molar-refractivity contribution is -0.143. The summed E-state index contributed by atoms with van der Waals surface area (Å²) in [6.45, 7) is 4.34. The van der Waals surface area contributed by atoms with E-state index in [4.69, 9.17) is 0 Å². The number of alkyl halides is 3. The molecule has 1 unspecified atom stereocenters. The van der Waals surface area contributed by atoms with Gasteiger partial charge in [0.1, 0.15) is 0 Å². The van der Waals surface area contributed by atoms with Crippen LogP contribution >= 0.6 is 0 Å². The van der Waals surface area contributed by atoms with Crippen molar-refractivity contribution in [3.05, 3.63) is 47.3 Å². The second kappa shape index (κ2) is 8.26. The zero-order chi connectivity index (χ0) is 21.2. The van der Waals surface area contributed by atoms with Gasteiger partial charge in [-0.3, -0.25) is 9.59 Å². The molecule has 1 N–H and O–H groups in total.